The van der Waals surface area contributed by atoms with Gasteiger partial charge in [0.2, 0.25) is 0 Å². The smallest absolute Gasteiger partial charge is 0.254 e. The molecule has 2 nitrogen and oxygen atoms in total. The van der Waals surface area contributed by atoms with E-state index in [0.29, 0.717) is 0 Å². The molecule has 3 heteroatoms. The van der Waals surface area contributed by atoms with E-state index in [0.717, 1.165) is 12.8 Å². The van der Waals surface area contributed by atoms with Gasteiger partial charge in [0.1, 0.15) is 5.82 Å². The minimum Gasteiger partial charge on any atom is -0.349 e. The maximum atomic E-state index is 13.5. The van der Waals surface area contributed by atoms with Crippen LogP contribution in [0.3, 0.4) is 0 Å². The summed E-state index contributed by atoms with van der Waals surface area (Å²) in [7, 11) is 0. The molecule has 1 N–H and O–H groups in total. The second kappa shape index (κ2) is 6.85. The van der Waals surface area contributed by atoms with E-state index in [1.54, 1.807) is 12.1 Å². The SMILES string of the molecule is C[C@@H](CCc1ccccc1)NC(=O)c1ccccc1F. The maximum Gasteiger partial charge on any atom is 0.254 e. The molecule has 104 valence electrons. The molecule has 0 saturated carbocycles. The van der Waals surface area contributed by atoms with Crippen molar-refractivity contribution in [3.63, 3.8) is 0 Å². The molecule has 2 aromatic rings. The lowest BCUT2D eigenvalue weighted by molar-refractivity contribution is 0.0934. The fraction of sp³-hybridized carbons (Fsp3) is 0.235. The summed E-state index contributed by atoms with van der Waals surface area (Å²) in [6.45, 7) is 1.93. The molecule has 0 bridgehead atoms. The van der Waals surface area contributed by atoms with Gasteiger partial charge in [-0.15, -0.1) is 0 Å². The van der Waals surface area contributed by atoms with Gasteiger partial charge in [-0.3, -0.25) is 4.79 Å². The highest BCUT2D eigenvalue weighted by Gasteiger charge is 2.13. The Morgan fingerprint density at radius 2 is 1.75 bits per heavy atom. The first-order valence-electron chi connectivity index (χ1n) is 6.76. The van der Waals surface area contributed by atoms with Crippen LogP contribution in [-0.4, -0.2) is 11.9 Å². The van der Waals surface area contributed by atoms with Crippen molar-refractivity contribution in [1.82, 2.24) is 5.32 Å². The number of halogens is 1. The van der Waals surface area contributed by atoms with E-state index in [1.165, 1.54) is 17.7 Å². The molecule has 1 amide bonds. The number of aryl methyl sites for hydroxylation is 1. The fourth-order valence-corrected chi connectivity index (χ4v) is 2.05. The Labute approximate surface area is 118 Å². The van der Waals surface area contributed by atoms with Crippen LogP contribution in [0, 0.1) is 5.82 Å². The zero-order chi connectivity index (χ0) is 14.4. The van der Waals surface area contributed by atoms with Gasteiger partial charge in [-0.05, 0) is 37.5 Å². The first-order chi connectivity index (χ1) is 9.66. The van der Waals surface area contributed by atoms with E-state index < -0.39 is 5.82 Å². The number of nitrogens with one attached hydrogen (secondary N) is 1. The van der Waals surface area contributed by atoms with Crippen molar-refractivity contribution in [2.45, 2.75) is 25.8 Å². The number of carbonyl (C=O) groups is 1. The van der Waals surface area contributed by atoms with Crippen molar-refractivity contribution in [2.24, 2.45) is 0 Å². The Balaban J connectivity index is 1.87. The Hall–Kier alpha value is -2.16. The van der Waals surface area contributed by atoms with Crippen molar-refractivity contribution >= 4 is 5.91 Å². The van der Waals surface area contributed by atoms with E-state index in [4.69, 9.17) is 0 Å². The average molecular weight is 271 g/mol. The molecule has 2 rings (SSSR count). The molecule has 2 aromatic carbocycles. The van der Waals surface area contributed by atoms with Crippen LogP contribution < -0.4 is 5.32 Å². The van der Waals surface area contributed by atoms with Gasteiger partial charge in [0.05, 0.1) is 5.56 Å². The van der Waals surface area contributed by atoms with E-state index in [1.807, 2.05) is 25.1 Å². The first-order valence-corrected chi connectivity index (χ1v) is 6.76. The van der Waals surface area contributed by atoms with E-state index in [9.17, 15) is 9.18 Å². The number of hydrogen-bond donors (Lipinski definition) is 1. The largest absolute Gasteiger partial charge is 0.349 e. The van der Waals surface area contributed by atoms with E-state index >= 15 is 0 Å². The summed E-state index contributed by atoms with van der Waals surface area (Å²) in [5.41, 5.74) is 1.33. The van der Waals surface area contributed by atoms with E-state index in [2.05, 4.69) is 17.4 Å². The van der Waals surface area contributed by atoms with Gasteiger partial charge in [0.15, 0.2) is 0 Å². The second-order valence-electron chi connectivity index (χ2n) is 4.88. The minimum absolute atomic E-state index is 0.00214. The van der Waals surface area contributed by atoms with Gasteiger partial charge in [-0.25, -0.2) is 4.39 Å². The quantitative estimate of drug-likeness (QED) is 0.885. The highest BCUT2D eigenvalue weighted by Crippen LogP contribution is 2.08. The van der Waals surface area contributed by atoms with Gasteiger partial charge < -0.3 is 5.32 Å². The molecule has 0 unspecified atom stereocenters. The average Bonchev–Trinajstić information content (AvgIpc) is 2.46. The van der Waals surface area contributed by atoms with Gasteiger partial charge in [0, 0.05) is 6.04 Å². The standard InChI is InChI=1S/C17H18FNO/c1-13(11-12-14-7-3-2-4-8-14)19-17(20)15-9-5-6-10-16(15)18/h2-10,13H,11-12H2,1H3,(H,19,20)/t13-/m0/s1. The third-order valence-electron chi connectivity index (χ3n) is 3.20. The monoisotopic (exact) mass is 271 g/mol. The molecule has 0 radical (unpaired) electrons. The molecule has 0 aromatic heterocycles. The van der Waals surface area contributed by atoms with Crippen LogP contribution in [0.25, 0.3) is 0 Å². The number of benzene rings is 2. The highest BCUT2D eigenvalue weighted by molar-refractivity contribution is 5.94. The van der Waals surface area contributed by atoms with Gasteiger partial charge in [-0.1, -0.05) is 42.5 Å². The minimum atomic E-state index is -0.486. The Morgan fingerprint density at radius 1 is 1.10 bits per heavy atom. The molecule has 0 fully saturated rings. The van der Waals surface area contributed by atoms with Crippen molar-refractivity contribution in [3.05, 3.63) is 71.5 Å². The molecular formula is C17H18FNO. The molecule has 20 heavy (non-hydrogen) atoms. The van der Waals surface area contributed by atoms with Crippen LogP contribution in [0.2, 0.25) is 0 Å². The Kier molecular flexibility index (Phi) is 4.88. The van der Waals surface area contributed by atoms with Gasteiger partial charge in [0.25, 0.3) is 5.91 Å². The fourth-order valence-electron chi connectivity index (χ4n) is 2.05. The lowest BCUT2D eigenvalue weighted by atomic mass is 10.1. The third-order valence-corrected chi connectivity index (χ3v) is 3.20. The van der Waals surface area contributed by atoms with Crippen molar-refractivity contribution in [2.75, 3.05) is 0 Å². The summed E-state index contributed by atoms with van der Waals surface area (Å²) < 4.78 is 13.5. The lowest BCUT2D eigenvalue weighted by Crippen LogP contribution is -2.33. The molecule has 0 aliphatic rings. The summed E-state index contributed by atoms with van der Waals surface area (Å²) in [6.07, 6.45) is 1.71. The van der Waals surface area contributed by atoms with Crippen LogP contribution in [0.5, 0.6) is 0 Å². The summed E-state index contributed by atoms with van der Waals surface area (Å²) in [4.78, 5) is 11.9. The van der Waals surface area contributed by atoms with Crippen LogP contribution in [0.15, 0.2) is 54.6 Å². The third kappa shape index (κ3) is 3.92. The highest BCUT2D eigenvalue weighted by atomic mass is 19.1. The number of amides is 1. The van der Waals surface area contributed by atoms with Crippen molar-refractivity contribution in [1.29, 1.82) is 0 Å². The lowest BCUT2D eigenvalue weighted by Gasteiger charge is -2.14. The van der Waals surface area contributed by atoms with Crippen molar-refractivity contribution in [3.8, 4) is 0 Å². The topological polar surface area (TPSA) is 29.1 Å². The molecular weight excluding hydrogens is 253 g/mol. The zero-order valence-electron chi connectivity index (χ0n) is 11.5. The molecule has 0 spiro atoms. The molecule has 0 heterocycles. The van der Waals surface area contributed by atoms with Crippen LogP contribution in [-0.2, 0) is 6.42 Å². The second-order valence-corrected chi connectivity index (χ2v) is 4.88. The summed E-state index contributed by atoms with van der Waals surface area (Å²) in [5, 5.41) is 2.83. The summed E-state index contributed by atoms with van der Waals surface area (Å²) in [5.74, 6) is -0.844. The van der Waals surface area contributed by atoms with Crippen LogP contribution in [0.4, 0.5) is 4.39 Å². The number of carbonyl (C=O) groups excluding carboxylic acids is 1. The first kappa shape index (κ1) is 14.3. The van der Waals surface area contributed by atoms with Crippen LogP contribution >= 0.6 is 0 Å². The normalized spacial score (nSPS) is 11.9. The molecule has 0 aliphatic heterocycles. The maximum absolute atomic E-state index is 13.5. The number of rotatable bonds is 5. The zero-order valence-corrected chi connectivity index (χ0v) is 11.5. The predicted octanol–water partition coefficient (Wildman–Crippen LogP) is 3.58. The molecule has 0 saturated heterocycles. The van der Waals surface area contributed by atoms with Gasteiger partial charge in [-0.2, -0.15) is 0 Å². The van der Waals surface area contributed by atoms with Crippen LogP contribution in [0.1, 0.15) is 29.3 Å². The molecule has 1 atom stereocenters. The van der Waals surface area contributed by atoms with E-state index in [-0.39, 0.29) is 17.5 Å². The van der Waals surface area contributed by atoms with Crippen molar-refractivity contribution < 1.29 is 9.18 Å². The summed E-state index contributed by atoms with van der Waals surface area (Å²) >= 11 is 0. The Bertz CT molecular complexity index is 568. The van der Waals surface area contributed by atoms with Gasteiger partial charge >= 0.3 is 0 Å². The summed E-state index contributed by atoms with van der Waals surface area (Å²) in [6, 6.07) is 16.1. The Morgan fingerprint density at radius 3 is 2.45 bits per heavy atom. The number of hydrogen-bond acceptors (Lipinski definition) is 1. The molecule has 0 aliphatic carbocycles. The predicted molar refractivity (Wildman–Crippen MR) is 78.1 cm³/mol.